The van der Waals surface area contributed by atoms with Crippen LogP contribution in [0.4, 0.5) is 5.69 Å². The Morgan fingerprint density at radius 1 is 1.36 bits per heavy atom. The molecule has 0 aliphatic carbocycles. The van der Waals surface area contributed by atoms with Gasteiger partial charge in [-0.1, -0.05) is 26.8 Å². The Balaban J connectivity index is 2.66. The van der Waals surface area contributed by atoms with Crippen molar-refractivity contribution in [3.05, 3.63) is 23.8 Å². The van der Waals surface area contributed by atoms with Gasteiger partial charge in [0.2, 0.25) is 0 Å². The van der Waals surface area contributed by atoms with Gasteiger partial charge < -0.3 is 10.5 Å². The van der Waals surface area contributed by atoms with E-state index in [4.69, 9.17) is 10.5 Å². The third-order valence-electron chi connectivity index (χ3n) is 2.08. The van der Waals surface area contributed by atoms with Crippen LogP contribution in [0.15, 0.2) is 18.2 Å². The maximum atomic E-state index is 5.86. The molecule has 0 unspecified atom stereocenters. The molecule has 0 spiro atoms. The highest BCUT2D eigenvalue weighted by atomic mass is 16.5. The first-order valence-corrected chi connectivity index (χ1v) is 5.14. The van der Waals surface area contributed by atoms with Crippen molar-refractivity contribution < 1.29 is 4.74 Å². The van der Waals surface area contributed by atoms with Crippen LogP contribution in [0.5, 0.6) is 5.75 Å². The molecule has 78 valence electrons. The van der Waals surface area contributed by atoms with Gasteiger partial charge in [0, 0.05) is 11.8 Å². The third-order valence-corrected chi connectivity index (χ3v) is 2.08. The van der Waals surface area contributed by atoms with Crippen molar-refractivity contribution in [3.63, 3.8) is 0 Å². The quantitative estimate of drug-likeness (QED) is 0.746. The summed E-state index contributed by atoms with van der Waals surface area (Å²) in [5.74, 6) is 1.41. The third kappa shape index (κ3) is 2.95. The molecular weight excluding hydrogens is 174 g/mol. The van der Waals surface area contributed by atoms with E-state index in [0.717, 1.165) is 24.5 Å². The van der Waals surface area contributed by atoms with Gasteiger partial charge in [-0.3, -0.25) is 0 Å². The number of nitrogens with two attached hydrogens (primary N) is 1. The van der Waals surface area contributed by atoms with Crippen LogP contribution in [0.2, 0.25) is 0 Å². The van der Waals surface area contributed by atoms with Crippen LogP contribution in [0, 0.1) is 5.92 Å². The zero-order valence-electron chi connectivity index (χ0n) is 9.21. The van der Waals surface area contributed by atoms with Gasteiger partial charge in [-0.25, -0.2) is 0 Å². The van der Waals surface area contributed by atoms with E-state index < -0.39 is 0 Å². The maximum absolute atomic E-state index is 5.86. The zero-order valence-corrected chi connectivity index (χ0v) is 9.21. The Bertz CT molecular complexity index is 294. The number of hydrogen-bond acceptors (Lipinski definition) is 2. The summed E-state index contributed by atoms with van der Waals surface area (Å²) in [6.45, 7) is 7.10. The van der Waals surface area contributed by atoms with Gasteiger partial charge in [0.25, 0.3) is 0 Å². The van der Waals surface area contributed by atoms with E-state index in [0.29, 0.717) is 5.92 Å². The molecule has 1 aromatic rings. The molecule has 2 N–H and O–H groups in total. The molecule has 0 saturated heterocycles. The highest BCUT2D eigenvalue weighted by molar-refractivity contribution is 5.51. The average molecular weight is 193 g/mol. The molecule has 0 amide bonds. The molecule has 1 rings (SSSR count). The molecular formula is C12H19NO. The van der Waals surface area contributed by atoms with E-state index >= 15 is 0 Å². The SMILES string of the molecule is CCc1ccc(OCC(C)C)cc1N. The standard InChI is InChI=1S/C12H19NO/c1-4-10-5-6-11(7-12(10)13)14-8-9(2)3/h5-7,9H,4,8,13H2,1-3H3. The zero-order chi connectivity index (χ0) is 10.6. The summed E-state index contributed by atoms with van der Waals surface area (Å²) in [7, 11) is 0. The van der Waals surface area contributed by atoms with Gasteiger partial charge in [0.15, 0.2) is 0 Å². The van der Waals surface area contributed by atoms with Crippen molar-refractivity contribution in [1.29, 1.82) is 0 Å². The summed E-state index contributed by atoms with van der Waals surface area (Å²) in [5, 5.41) is 0. The summed E-state index contributed by atoms with van der Waals surface area (Å²) >= 11 is 0. The highest BCUT2D eigenvalue weighted by Crippen LogP contribution is 2.20. The van der Waals surface area contributed by atoms with Gasteiger partial charge in [-0.2, -0.15) is 0 Å². The lowest BCUT2D eigenvalue weighted by Gasteiger charge is -2.10. The van der Waals surface area contributed by atoms with Crippen molar-refractivity contribution in [2.45, 2.75) is 27.2 Å². The first kappa shape index (κ1) is 10.9. The second kappa shape index (κ2) is 4.89. The van der Waals surface area contributed by atoms with Crippen LogP contribution in [-0.4, -0.2) is 6.61 Å². The van der Waals surface area contributed by atoms with Crippen LogP contribution < -0.4 is 10.5 Å². The van der Waals surface area contributed by atoms with Gasteiger partial charge in [-0.05, 0) is 24.0 Å². The molecule has 0 aliphatic heterocycles. The summed E-state index contributed by atoms with van der Waals surface area (Å²) in [6.07, 6.45) is 0.969. The molecule has 0 heterocycles. The van der Waals surface area contributed by atoms with Crippen molar-refractivity contribution >= 4 is 5.69 Å². The first-order valence-electron chi connectivity index (χ1n) is 5.14. The molecule has 0 atom stereocenters. The molecule has 0 saturated carbocycles. The Kier molecular flexibility index (Phi) is 3.81. The number of hydrogen-bond donors (Lipinski definition) is 1. The molecule has 2 nitrogen and oxygen atoms in total. The van der Waals surface area contributed by atoms with E-state index in [1.54, 1.807) is 0 Å². The van der Waals surface area contributed by atoms with E-state index in [2.05, 4.69) is 20.8 Å². The Labute approximate surface area is 86.1 Å². The van der Waals surface area contributed by atoms with E-state index in [1.807, 2.05) is 18.2 Å². The predicted octanol–water partition coefficient (Wildman–Crippen LogP) is 2.87. The fourth-order valence-electron chi connectivity index (χ4n) is 1.25. The van der Waals surface area contributed by atoms with Crippen LogP contribution in [0.25, 0.3) is 0 Å². The Morgan fingerprint density at radius 3 is 2.57 bits per heavy atom. The van der Waals surface area contributed by atoms with E-state index in [1.165, 1.54) is 5.56 Å². The fraction of sp³-hybridized carbons (Fsp3) is 0.500. The summed E-state index contributed by atoms with van der Waals surface area (Å²) < 4.78 is 5.57. The molecule has 0 aromatic heterocycles. The van der Waals surface area contributed by atoms with Crippen LogP contribution in [0.3, 0.4) is 0 Å². The smallest absolute Gasteiger partial charge is 0.121 e. The Hall–Kier alpha value is -1.18. The summed E-state index contributed by atoms with van der Waals surface area (Å²) in [6, 6.07) is 5.92. The molecule has 14 heavy (non-hydrogen) atoms. The lowest BCUT2D eigenvalue weighted by Crippen LogP contribution is -2.05. The molecule has 0 fully saturated rings. The van der Waals surface area contributed by atoms with Crippen molar-refractivity contribution in [1.82, 2.24) is 0 Å². The molecule has 2 heteroatoms. The van der Waals surface area contributed by atoms with Crippen LogP contribution in [-0.2, 0) is 6.42 Å². The normalized spacial score (nSPS) is 10.6. The van der Waals surface area contributed by atoms with Crippen molar-refractivity contribution in [3.8, 4) is 5.75 Å². The number of benzene rings is 1. The van der Waals surface area contributed by atoms with Crippen molar-refractivity contribution in [2.75, 3.05) is 12.3 Å². The van der Waals surface area contributed by atoms with Crippen LogP contribution in [0.1, 0.15) is 26.3 Å². The van der Waals surface area contributed by atoms with E-state index in [9.17, 15) is 0 Å². The highest BCUT2D eigenvalue weighted by Gasteiger charge is 2.00. The first-order chi connectivity index (χ1) is 6.63. The van der Waals surface area contributed by atoms with E-state index in [-0.39, 0.29) is 0 Å². The summed E-state index contributed by atoms with van der Waals surface area (Å²) in [5.41, 5.74) is 7.87. The number of rotatable bonds is 4. The predicted molar refractivity (Wildman–Crippen MR) is 60.6 cm³/mol. The second-order valence-electron chi connectivity index (χ2n) is 3.92. The van der Waals surface area contributed by atoms with Crippen molar-refractivity contribution in [2.24, 2.45) is 5.92 Å². The number of ether oxygens (including phenoxy) is 1. The molecule has 1 aromatic carbocycles. The van der Waals surface area contributed by atoms with Gasteiger partial charge in [0.1, 0.15) is 5.75 Å². The maximum Gasteiger partial charge on any atom is 0.121 e. The lowest BCUT2D eigenvalue weighted by atomic mass is 10.1. The minimum atomic E-state index is 0.544. The monoisotopic (exact) mass is 193 g/mol. The topological polar surface area (TPSA) is 35.2 Å². The van der Waals surface area contributed by atoms with Gasteiger partial charge in [0.05, 0.1) is 6.61 Å². The molecule has 0 radical (unpaired) electrons. The number of aryl methyl sites for hydroxylation is 1. The minimum absolute atomic E-state index is 0.544. The molecule has 0 aliphatic rings. The summed E-state index contributed by atoms with van der Waals surface area (Å²) in [4.78, 5) is 0. The Morgan fingerprint density at radius 2 is 2.07 bits per heavy atom. The number of anilines is 1. The lowest BCUT2D eigenvalue weighted by molar-refractivity contribution is 0.271. The second-order valence-corrected chi connectivity index (χ2v) is 3.92. The fourth-order valence-corrected chi connectivity index (χ4v) is 1.25. The van der Waals surface area contributed by atoms with Gasteiger partial charge in [-0.15, -0.1) is 0 Å². The van der Waals surface area contributed by atoms with Crippen LogP contribution >= 0.6 is 0 Å². The largest absolute Gasteiger partial charge is 0.493 e. The molecule has 0 bridgehead atoms. The average Bonchev–Trinajstić information content (AvgIpc) is 2.15. The number of nitrogen functional groups attached to an aromatic ring is 1. The minimum Gasteiger partial charge on any atom is -0.493 e. The van der Waals surface area contributed by atoms with Gasteiger partial charge >= 0.3 is 0 Å².